The summed E-state index contributed by atoms with van der Waals surface area (Å²) in [6, 6.07) is 25.9. The van der Waals surface area contributed by atoms with E-state index in [1.165, 1.54) is 16.3 Å². The van der Waals surface area contributed by atoms with Gasteiger partial charge in [-0.3, -0.25) is 0 Å². The minimum Gasteiger partial charge on any atom is -0.461 e. The van der Waals surface area contributed by atoms with Crippen molar-refractivity contribution in [2.45, 2.75) is 46.5 Å². The Kier molecular flexibility index (Phi) is 5.26. The highest BCUT2D eigenvalue weighted by Gasteiger charge is 2.20. The average Bonchev–Trinajstić information content (AvgIpc) is 3.47. The summed E-state index contributed by atoms with van der Waals surface area (Å²) in [7, 11) is 0. The topological polar surface area (TPSA) is 39.2 Å². The summed E-state index contributed by atoms with van der Waals surface area (Å²) in [5.74, 6) is 1.59. The highest BCUT2D eigenvalue weighted by atomic mass is 16.3. The maximum atomic E-state index is 6.21. The van der Waals surface area contributed by atoms with Crippen LogP contribution in [0.5, 0.6) is 0 Å². The van der Waals surface area contributed by atoms with Crippen LogP contribution < -0.4 is 0 Å². The first-order chi connectivity index (χ1) is 17.3. The molecule has 0 aliphatic heterocycles. The van der Waals surface area contributed by atoms with Gasteiger partial charge >= 0.3 is 0 Å². The smallest absolute Gasteiger partial charge is 0.227 e. The summed E-state index contributed by atoms with van der Waals surface area (Å²) in [4.78, 5) is 4.93. The lowest BCUT2D eigenvalue weighted by Crippen LogP contribution is -2.12. The quantitative estimate of drug-likeness (QED) is 0.256. The molecule has 0 N–H and O–H groups in total. The van der Waals surface area contributed by atoms with Crippen LogP contribution in [0.3, 0.4) is 0 Å². The minimum absolute atomic E-state index is 0.00520. The molecule has 0 bridgehead atoms. The van der Waals surface area contributed by atoms with Crippen molar-refractivity contribution in [2.75, 3.05) is 0 Å². The van der Waals surface area contributed by atoms with Crippen LogP contribution in [-0.2, 0) is 11.8 Å². The van der Waals surface area contributed by atoms with Gasteiger partial charge in [-0.05, 0) is 75.2 Å². The molecule has 36 heavy (non-hydrogen) atoms. The Morgan fingerprint density at radius 2 is 1.64 bits per heavy atom. The zero-order valence-electron chi connectivity index (χ0n) is 21.6. The van der Waals surface area contributed by atoms with Crippen molar-refractivity contribution in [2.24, 2.45) is 5.92 Å². The predicted molar refractivity (Wildman–Crippen MR) is 149 cm³/mol. The van der Waals surface area contributed by atoms with Crippen molar-refractivity contribution in [3.63, 3.8) is 0 Å². The zero-order chi connectivity index (χ0) is 25.0. The SMILES string of the molecule is CC(C)Cc1cc2ccc(-c3cc(-c4cc(C(C)(C)C)c5ccccc5c4)nc4occc34)cc2o1. The Balaban J connectivity index is 1.54. The molecule has 0 atom stereocenters. The first kappa shape index (κ1) is 22.6. The molecule has 0 spiro atoms. The predicted octanol–water partition coefficient (Wildman–Crippen LogP) is 9.56. The molecule has 0 radical (unpaired) electrons. The molecule has 180 valence electrons. The molecule has 3 nitrogen and oxygen atoms in total. The maximum absolute atomic E-state index is 6.21. The largest absolute Gasteiger partial charge is 0.461 e. The van der Waals surface area contributed by atoms with E-state index in [0.717, 1.165) is 50.9 Å². The second-order valence-corrected chi connectivity index (χ2v) is 11.3. The molecule has 6 rings (SSSR count). The molecular weight excluding hydrogens is 442 g/mol. The van der Waals surface area contributed by atoms with Gasteiger partial charge in [-0.2, -0.15) is 0 Å². The van der Waals surface area contributed by atoms with E-state index in [2.05, 4.69) is 101 Å². The highest BCUT2D eigenvalue weighted by Crippen LogP contribution is 2.38. The number of hydrogen-bond acceptors (Lipinski definition) is 3. The molecule has 0 fully saturated rings. The second-order valence-electron chi connectivity index (χ2n) is 11.3. The van der Waals surface area contributed by atoms with Crippen molar-refractivity contribution >= 4 is 32.8 Å². The third kappa shape index (κ3) is 3.99. The summed E-state index contributed by atoms with van der Waals surface area (Å²) in [5.41, 5.74) is 7.07. The van der Waals surface area contributed by atoms with Gasteiger partial charge in [0.05, 0.1) is 12.0 Å². The summed E-state index contributed by atoms with van der Waals surface area (Å²) in [6.45, 7) is 11.2. The average molecular weight is 474 g/mol. The summed E-state index contributed by atoms with van der Waals surface area (Å²) >= 11 is 0. The van der Waals surface area contributed by atoms with Gasteiger partial charge in [-0.1, -0.05) is 71.0 Å². The lowest BCUT2D eigenvalue weighted by Gasteiger charge is -2.22. The van der Waals surface area contributed by atoms with E-state index in [1.807, 2.05) is 6.07 Å². The van der Waals surface area contributed by atoms with Crippen LogP contribution in [0, 0.1) is 5.92 Å². The first-order valence-corrected chi connectivity index (χ1v) is 12.7. The Hall–Kier alpha value is -3.85. The van der Waals surface area contributed by atoms with Crippen LogP contribution in [0.15, 0.2) is 87.9 Å². The maximum Gasteiger partial charge on any atom is 0.227 e. The lowest BCUT2D eigenvalue weighted by molar-refractivity contribution is 0.500. The van der Waals surface area contributed by atoms with E-state index in [-0.39, 0.29) is 5.41 Å². The molecule has 0 aliphatic carbocycles. The molecule has 0 saturated carbocycles. The first-order valence-electron chi connectivity index (χ1n) is 12.7. The van der Waals surface area contributed by atoms with Crippen molar-refractivity contribution in [1.82, 2.24) is 4.98 Å². The summed E-state index contributed by atoms with van der Waals surface area (Å²) < 4.78 is 12.0. The number of hydrogen-bond donors (Lipinski definition) is 0. The fourth-order valence-electron chi connectivity index (χ4n) is 5.17. The van der Waals surface area contributed by atoms with Crippen LogP contribution in [0.2, 0.25) is 0 Å². The van der Waals surface area contributed by atoms with Crippen LogP contribution in [0.4, 0.5) is 0 Å². The molecule has 3 aromatic carbocycles. The number of rotatable bonds is 4. The number of aromatic nitrogens is 1. The van der Waals surface area contributed by atoms with Crippen molar-refractivity contribution in [3.05, 3.63) is 90.4 Å². The van der Waals surface area contributed by atoms with E-state index < -0.39 is 0 Å². The number of fused-ring (bicyclic) bond motifs is 3. The Bertz CT molecular complexity index is 1730. The third-order valence-corrected chi connectivity index (χ3v) is 6.90. The highest BCUT2D eigenvalue weighted by molar-refractivity contribution is 5.98. The number of pyridine rings is 1. The van der Waals surface area contributed by atoms with Crippen LogP contribution >= 0.6 is 0 Å². The van der Waals surface area contributed by atoms with E-state index in [4.69, 9.17) is 13.8 Å². The third-order valence-electron chi connectivity index (χ3n) is 6.90. The van der Waals surface area contributed by atoms with Gasteiger partial charge in [0.25, 0.3) is 0 Å². The minimum atomic E-state index is 0.00520. The number of furan rings is 2. The molecule has 6 aromatic rings. The van der Waals surface area contributed by atoms with Crippen LogP contribution in [0.1, 0.15) is 45.9 Å². The second kappa shape index (κ2) is 8.37. The Morgan fingerprint density at radius 1 is 0.806 bits per heavy atom. The zero-order valence-corrected chi connectivity index (χ0v) is 21.6. The van der Waals surface area contributed by atoms with Gasteiger partial charge in [-0.15, -0.1) is 0 Å². The van der Waals surface area contributed by atoms with Crippen molar-refractivity contribution < 1.29 is 8.83 Å². The molecule has 3 aromatic heterocycles. The van der Waals surface area contributed by atoms with Gasteiger partial charge < -0.3 is 8.83 Å². The molecule has 3 heterocycles. The number of nitrogens with zero attached hydrogens (tertiary/aromatic N) is 1. The molecule has 0 amide bonds. The normalized spacial score (nSPS) is 12.4. The van der Waals surface area contributed by atoms with Gasteiger partial charge in [-0.25, -0.2) is 4.98 Å². The van der Waals surface area contributed by atoms with Crippen LogP contribution in [-0.4, -0.2) is 4.98 Å². The monoisotopic (exact) mass is 473 g/mol. The fraction of sp³-hybridized carbons (Fsp3) is 0.242. The van der Waals surface area contributed by atoms with Crippen molar-refractivity contribution in [3.8, 4) is 22.4 Å². The summed E-state index contributed by atoms with van der Waals surface area (Å²) in [6.07, 6.45) is 2.66. The van der Waals surface area contributed by atoms with E-state index in [9.17, 15) is 0 Å². The van der Waals surface area contributed by atoms with E-state index >= 15 is 0 Å². The van der Waals surface area contributed by atoms with Gasteiger partial charge in [0.1, 0.15) is 11.3 Å². The Labute approximate surface area is 211 Å². The standard InChI is InChI=1S/C33H31NO2/c1-20(2)14-25-16-23-11-10-22(18-31(23)36-25)28-19-30(34-32-27(28)12-13-35-32)24-15-21-8-6-7-9-26(21)29(17-24)33(3,4)5/h6-13,15-20H,14H2,1-5H3. The lowest BCUT2D eigenvalue weighted by atomic mass is 9.82. The fourth-order valence-corrected chi connectivity index (χ4v) is 5.17. The Morgan fingerprint density at radius 3 is 2.44 bits per heavy atom. The van der Waals surface area contributed by atoms with Gasteiger partial charge in [0.2, 0.25) is 5.71 Å². The van der Waals surface area contributed by atoms with E-state index in [0.29, 0.717) is 11.6 Å². The summed E-state index contributed by atoms with van der Waals surface area (Å²) in [5, 5.41) is 4.64. The van der Waals surface area contributed by atoms with E-state index in [1.54, 1.807) is 6.26 Å². The molecule has 0 unspecified atom stereocenters. The van der Waals surface area contributed by atoms with Gasteiger partial charge in [0.15, 0.2) is 0 Å². The molecule has 0 saturated heterocycles. The molecule has 0 aliphatic rings. The molecular formula is C33H31NO2. The van der Waals surface area contributed by atoms with Crippen molar-refractivity contribution in [1.29, 1.82) is 0 Å². The van der Waals surface area contributed by atoms with Gasteiger partial charge in [0, 0.05) is 22.8 Å². The molecule has 3 heteroatoms. The van der Waals surface area contributed by atoms with Crippen LogP contribution in [0.25, 0.3) is 55.2 Å². The number of benzene rings is 3.